The maximum atomic E-state index is 13.8. The summed E-state index contributed by atoms with van der Waals surface area (Å²) >= 11 is 0. The maximum Gasteiger partial charge on any atom is 0.295 e. The number of amides is 1. The quantitative estimate of drug-likeness (QED) is 0.406. The van der Waals surface area contributed by atoms with Gasteiger partial charge < -0.3 is 9.15 Å². The molecule has 5 rings (SSSR count). The molecule has 33 heavy (non-hydrogen) atoms. The summed E-state index contributed by atoms with van der Waals surface area (Å²) in [4.78, 5) is 29.2. The maximum absolute atomic E-state index is 13.8. The van der Waals surface area contributed by atoms with Crippen molar-refractivity contribution in [2.24, 2.45) is 0 Å². The molecule has 4 aromatic rings. The molecule has 0 N–H and O–H groups in total. The third-order valence-corrected chi connectivity index (χ3v) is 6.69. The summed E-state index contributed by atoms with van der Waals surface area (Å²) in [6, 6.07) is 16.4. The van der Waals surface area contributed by atoms with E-state index >= 15 is 0 Å². The van der Waals surface area contributed by atoms with Gasteiger partial charge in [0.05, 0.1) is 24.1 Å². The summed E-state index contributed by atoms with van der Waals surface area (Å²) in [5, 5.41) is 0.491. The fraction of sp³-hybridized carbons (Fsp3) is 0.214. The zero-order chi connectivity index (χ0) is 23.4. The van der Waals surface area contributed by atoms with Crippen molar-refractivity contribution in [3.05, 3.63) is 104 Å². The molecule has 0 bridgehead atoms. The van der Waals surface area contributed by atoms with Crippen LogP contribution in [0, 0.1) is 27.7 Å². The largest absolute Gasteiger partial charge is 0.497 e. The lowest BCUT2D eigenvalue weighted by Crippen LogP contribution is -2.29. The third kappa shape index (κ3) is 3.23. The first kappa shape index (κ1) is 21.0. The van der Waals surface area contributed by atoms with Crippen molar-refractivity contribution in [3.63, 3.8) is 0 Å². The Hall–Kier alpha value is -3.86. The summed E-state index contributed by atoms with van der Waals surface area (Å²) < 4.78 is 11.4. The number of fused-ring (bicyclic) bond motifs is 2. The Morgan fingerprint density at radius 3 is 2.15 bits per heavy atom. The smallest absolute Gasteiger partial charge is 0.295 e. The van der Waals surface area contributed by atoms with Crippen LogP contribution in [0.15, 0.2) is 63.8 Å². The Bertz CT molecular complexity index is 1480. The fourth-order valence-corrected chi connectivity index (χ4v) is 4.47. The van der Waals surface area contributed by atoms with E-state index in [-0.39, 0.29) is 17.1 Å². The molecule has 0 saturated carbocycles. The minimum absolute atomic E-state index is 0.106. The van der Waals surface area contributed by atoms with Crippen molar-refractivity contribution in [2.45, 2.75) is 33.7 Å². The molecule has 1 aliphatic rings. The van der Waals surface area contributed by atoms with Crippen LogP contribution < -0.4 is 15.1 Å². The van der Waals surface area contributed by atoms with Crippen LogP contribution in [-0.4, -0.2) is 13.0 Å². The summed E-state index contributed by atoms with van der Waals surface area (Å²) in [6.07, 6.45) is 0. The Labute approximate surface area is 192 Å². The van der Waals surface area contributed by atoms with Crippen molar-refractivity contribution < 1.29 is 13.9 Å². The molecule has 3 aromatic carbocycles. The summed E-state index contributed by atoms with van der Waals surface area (Å²) in [5.41, 5.74) is 6.40. The minimum atomic E-state index is -0.595. The van der Waals surface area contributed by atoms with E-state index in [1.54, 1.807) is 12.0 Å². The van der Waals surface area contributed by atoms with Crippen molar-refractivity contribution in [3.8, 4) is 5.75 Å². The van der Waals surface area contributed by atoms with Crippen LogP contribution >= 0.6 is 0 Å². The van der Waals surface area contributed by atoms with Gasteiger partial charge in [-0.3, -0.25) is 14.5 Å². The predicted molar refractivity (Wildman–Crippen MR) is 130 cm³/mol. The molecule has 0 aliphatic carbocycles. The summed E-state index contributed by atoms with van der Waals surface area (Å²) in [7, 11) is 1.61. The molecule has 1 atom stereocenters. The van der Waals surface area contributed by atoms with E-state index in [1.165, 1.54) is 0 Å². The van der Waals surface area contributed by atoms with Crippen molar-refractivity contribution in [1.82, 2.24) is 0 Å². The van der Waals surface area contributed by atoms with Crippen molar-refractivity contribution in [1.29, 1.82) is 0 Å². The molecular formula is C28H25NO4. The van der Waals surface area contributed by atoms with Gasteiger partial charge in [0.15, 0.2) is 5.43 Å². The summed E-state index contributed by atoms with van der Waals surface area (Å²) in [6.45, 7) is 7.97. The Morgan fingerprint density at radius 2 is 1.48 bits per heavy atom. The number of hydrogen-bond acceptors (Lipinski definition) is 4. The average Bonchev–Trinajstić information content (AvgIpc) is 3.10. The highest BCUT2D eigenvalue weighted by atomic mass is 16.5. The van der Waals surface area contributed by atoms with Crippen LogP contribution in [0.3, 0.4) is 0 Å². The highest BCUT2D eigenvalue weighted by Gasteiger charge is 2.43. The van der Waals surface area contributed by atoms with Gasteiger partial charge >= 0.3 is 0 Å². The van der Waals surface area contributed by atoms with Gasteiger partial charge in [-0.2, -0.15) is 0 Å². The van der Waals surface area contributed by atoms with Gasteiger partial charge in [-0.15, -0.1) is 0 Å². The van der Waals surface area contributed by atoms with Crippen LogP contribution in [0.2, 0.25) is 0 Å². The Balaban J connectivity index is 1.81. The Kier molecular flexibility index (Phi) is 4.85. The lowest BCUT2D eigenvalue weighted by Gasteiger charge is -2.26. The second kappa shape index (κ2) is 7.62. The normalized spacial score (nSPS) is 15.2. The molecule has 0 saturated heterocycles. The standard InChI is InChI=1S/C28H25NO4/c1-15-6-9-20(12-16(15)2)29-25(19-7-10-21(32-5)11-8-19)24-26(30)22-13-17(3)18(4)14-23(22)33-27(24)28(29)31/h6-14,25H,1-5H3. The number of nitrogens with zero attached hydrogens (tertiary/aromatic N) is 1. The molecule has 1 aromatic heterocycles. The number of hydrogen-bond donors (Lipinski definition) is 0. The number of carbonyl (C=O) groups excluding carboxylic acids is 1. The minimum Gasteiger partial charge on any atom is -0.497 e. The van der Waals surface area contributed by atoms with Crippen LogP contribution in [0.5, 0.6) is 5.75 Å². The van der Waals surface area contributed by atoms with Crippen LogP contribution in [-0.2, 0) is 0 Å². The molecule has 166 valence electrons. The van der Waals surface area contributed by atoms with Crippen LogP contribution in [0.4, 0.5) is 5.69 Å². The van der Waals surface area contributed by atoms with Gasteiger partial charge in [0.2, 0.25) is 5.76 Å². The average molecular weight is 440 g/mol. The van der Waals surface area contributed by atoms with Gasteiger partial charge in [-0.05, 0) is 91.9 Å². The van der Waals surface area contributed by atoms with Crippen LogP contribution in [0.1, 0.15) is 50.0 Å². The predicted octanol–water partition coefficient (Wildman–Crippen LogP) is 5.79. The summed E-state index contributed by atoms with van der Waals surface area (Å²) in [5.74, 6) is 0.499. The zero-order valence-electron chi connectivity index (χ0n) is 19.4. The van der Waals surface area contributed by atoms with Gasteiger partial charge in [0.25, 0.3) is 5.91 Å². The molecule has 0 spiro atoms. The van der Waals surface area contributed by atoms with Crippen molar-refractivity contribution >= 4 is 22.6 Å². The molecule has 1 aliphatic heterocycles. The molecular weight excluding hydrogens is 414 g/mol. The molecule has 1 amide bonds. The van der Waals surface area contributed by atoms with E-state index in [1.807, 2.05) is 82.3 Å². The van der Waals surface area contributed by atoms with E-state index in [4.69, 9.17) is 9.15 Å². The van der Waals surface area contributed by atoms with Gasteiger partial charge in [-0.1, -0.05) is 18.2 Å². The molecule has 5 heteroatoms. The van der Waals surface area contributed by atoms with Crippen molar-refractivity contribution in [2.75, 3.05) is 12.0 Å². The number of ether oxygens (including phenoxy) is 1. The second-order valence-electron chi connectivity index (χ2n) is 8.73. The molecule has 2 heterocycles. The number of methoxy groups -OCH3 is 1. The molecule has 0 fully saturated rings. The number of anilines is 1. The highest BCUT2D eigenvalue weighted by molar-refractivity contribution is 6.10. The van der Waals surface area contributed by atoms with E-state index in [2.05, 4.69) is 0 Å². The monoisotopic (exact) mass is 439 g/mol. The zero-order valence-corrected chi connectivity index (χ0v) is 19.4. The fourth-order valence-electron chi connectivity index (χ4n) is 4.47. The van der Waals surface area contributed by atoms with E-state index in [0.29, 0.717) is 22.3 Å². The van der Waals surface area contributed by atoms with E-state index in [0.717, 1.165) is 33.5 Å². The second-order valence-corrected chi connectivity index (χ2v) is 8.73. The van der Waals surface area contributed by atoms with Crippen LogP contribution in [0.25, 0.3) is 11.0 Å². The lowest BCUT2D eigenvalue weighted by molar-refractivity contribution is 0.0971. The molecule has 1 unspecified atom stereocenters. The number of carbonyl (C=O) groups is 1. The van der Waals surface area contributed by atoms with Gasteiger partial charge in [-0.25, -0.2) is 0 Å². The SMILES string of the molecule is COc1ccc(C2c3c(oc4cc(C)c(C)cc4c3=O)C(=O)N2c2ccc(C)c(C)c2)cc1. The number of rotatable bonds is 3. The lowest BCUT2D eigenvalue weighted by atomic mass is 9.97. The van der Waals surface area contributed by atoms with E-state index in [9.17, 15) is 9.59 Å². The van der Waals surface area contributed by atoms with Gasteiger partial charge in [0.1, 0.15) is 11.3 Å². The van der Waals surface area contributed by atoms with E-state index < -0.39 is 6.04 Å². The molecule has 0 radical (unpaired) electrons. The third-order valence-electron chi connectivity index (χ3n) is 6.69. The first-order valence-electron chi connectivity index (χ1n) is 10.9. The Morgan fingerprint density at radius 1 is 0.818 bits per heavy atom. The number of aryl methyl sites for hydroxylation is 4. The molecule has 5 nitrogen and oxygen atoms in total. The number of benzene rings is 3. The first-order valence-corrected chi connectivity index (χ1v) is 10.9. The highest BCUT2D eigenvalue weighted by Crippen LogP contribution is 2.42. The van der Waals surface area contributed by atoms with Gasteiger partial charge in [0, 0.05) is 5.69 Å². The first-order chi connectivity index (χ1) is 15.8. The topological polar surface area (TPSA) is 59.8 Å².